The average Bonchev–Trinajstić information content (AvgIpc) is 2.27. The van der Waals surface area contributed by atoms with Gasteiger partial charge in [-0.05, 0) is 26.9 Å². The molecule has 1 rings (SSSR count). The lowest BCUT2D eigenvalue weighted by atomic mass is 9.93. The Hall–Kier alpha value is -1.17. The van der Waals surface area contributed by atoms with Crippen LogP contribution >= 0.6 is 0 Å². The third kappa shape index (κ3) is 4.60. The molecule has 0 aliphatic carbocycles. The van der Waals surface area contributed by atoms with Crippen LogP contribution in [0.4, 0.5) is 8.78 Å². The van der Waals surface area contributed by atoms with Crippen molar-refractivity contribution in [2.75, 3.05) is 34.0 Å². The summed E-state index contributed by atoms with van der Waals surface area (Å²) in [7, 11) is 3.97. The zero-order valence-corrected chi connectivity index (χ0v) is 11.0. The van der Waals surface area contributed by atoms with E-state index in [9.17, 15) is 8.78 Å². The van der Waals surface area contributed by atoms with Crippen LogP contribution in [0.1, 0.15) is 12.8 Å². The standard InChI is InChI=1S/C12H21F2N4/c1-17(2)9-6-12(18-10-15-16-18)11(5-8-14)4-3-7-13/h3-4,10-12H,5-9H2,1-2H3/q+1/b4-3-. The van der Waals surface area contributed by atoms with Crippen LogP contribution in [0.2, 0.25) is 0 Å². The highest BCUT2D eigenvalue weighted by Gasteiger charge is 2.28. The minimum atomic E-state index is -0.519. The Morgan fingerprint density at radius 3 is 2.50 bits per heavy atom. The van der Waals surface area contributed by atoms with Crippen molar-refractivity contribution >= 4 is 6.34 Å². The quantitative estimate of drug-likeness (QED) is 0.461. The summed E-state index contributed by atoms with van der Waals surface area (Å²) in [6.45, 7) is -0.0596. The topological polar surface area (TPSA) is 31.0 Å². The molecule has 1 aliphatic heterocycles. The van der Waals surface area contributed by atoms with Gasteiger partial charge >= 0.3 is 0 Å². The largest absolute Gasteiger partial charge is 0.309 e. The maximum Gasteiger partial charge on any atom is 0.274 e. The van der Waals surface area contributed by atoms with Crippen molar-refractivity contribution in [2.45, 2.75) is 18.9 Å². The second-order valence-corrected chi connectivity index (χ2v) is 4.58. The van der Waals surface area contributed by atoms with Gasteiger partial charge in [-0.25, -0.2) is 4.39 Å². The minimum absolute atomic E-state index is 0.0406. The number of alkyl halides is 2. The Morgan fingerprint density at radius 1 is 1.33 bits per heavy atom. The number of hydrogen-bond donors (Lipinski definition) is 0. The molecule has 6 heteroatoms. The predicted octanol–water partition coefficient (Wildman–Crippen LogP) is 2.23. The van der Waals surface area contributed by atoms with Crippen molar-refractivity contribution in [3.8, 4) is 0 Å². The summed E-state index contributed by atoms with van der Waals surface area (Å²) in [5.74, 6) is -0.0406. The van der Waals surface area contributed by atoms with Crippen LogP contribution in [0.25, 0.3) is 0 Å². The SMILES string of the molecule is CN(C)CCC(C(/C=C\CF)CCF)[N+]1=NN=C1. The van der Waals surface area contributed by atoms with Crippen molar-refractivity contribution in [1.29, 1.82) is 0 Å². The predicted molar refractivity (Wildman–Crippen MR) is 67.3 cm³/mol. The van der Waals surface area contributed by atoms with Crippen LogP contribution in [0.3, 0.4) is 0 Å². The molecule has 2 atom stereocenters. The Morgan fingerprint density at radius 2 is 2.06 bits per heavy atom. The van der Waals surface area contributed by atoms with Crippen molar-refractivity contribution in [1.82, 2.24) is 4.90 Å². The number of nitrogens with zero attached hydrogens (tertiary/aromatic N) is 4. The molecule has 102 valence electrons. The summed E-state index contributed by atoms with van der Waals surface area (Å²) >= 11 is 0. The summed E-state index contributed by atoms with van der Waals surface area (Å²) < 4.78 is 26.6. The molecule has 0 saturated heterocycles. The van der Waals surface area contributed by atoms with Crippen LogP contribution < -0.4 is 0 Å². The second-order valence-electron chi connectivity index (χ2n) is 4.58. The minimum Gasteiger partial charge on any atom is -0.309 e. The number of halogens is 2. The maximum atomic E-state index is 12.6. The zero-order chi connectivity index (χ0) is 13.4. The molecule has 4 nitrogen and oxygen atoms in total. The van der Waals surface area contributed by atoms with E-state index in [2.05, 4.69) is 15.2 Å². The fourth-order valence-corrected chi connectivity index (χ4v) is 1.97. The molecular weight excluding hydrogens is 238 g/mol. The first-order chi connectivity index (χ1) is 8.69. The van der Waals surface area contributed by atoms with Crippen LogP contribution in [0.15, 0.2) is 22.5 Å². The Balaban J connectivity index is 2.67. The molecule has 0 N–H and O–H groups in total. The highest BCUT2D eigenvalue weighted by molar-refractivity contribution is 5.45. The van der Waals surface area contributed by atoms with Crippen molar-refractivity contribution in [3.05, 3.63) is 12.2 Å². The average molecular weight is 259 g/mol. The van der Waals surface area contributed by atoms with E-state index in [1.54, 1.807) is 17.1 Å². The van der Waals surface area contributed by atoms with E-state index in [-0.39, 0.29) is 12.0 Å². The van der Waals surface area contributed by atoms with Gasteiger partial charge in [0.05, 0.1) is 11.9 Å². The normalized spacial score (nSPS) is 17.9. The lowest BCUT2D eigenvalue weighted by Gasteiger charge is -2.24. The van der Waals surface area contributed by atoms with Gasteiger partial charge in [-0.3, -0.25) is 4.39 Å². The third-order valence-corrected chi connectivity index (χ3v) is 2.95. The molecular formula is C12H21F2N4+. The molecule has 2 unspecified atom stereocenters. The second kappa shape index (κ2) is 8.02. The smallest absolute Gasteiger partial charge is 0.274 e. The number of hydrogen-bond acceptors (Lipinski definition) is 3. The van der Waals surface area contributed by atoms with Gasteiger partial charge in [0.25, 0.3) is 6.34 Å². The van der Waals surface area contributed by atoms with Gasteiger partial charge < -0.3 is 4.90 Å². The molecule has 0 aromatic heterocycles. The van der Waals surface area contributed by atoms with Crippen molar-refractivity contribution in [2.24, 2.45) is 16.2 Å². The zero-order valence-electron chi connectivity index (χ0n) is 11.0. The van der Waals surface area contributed by atoms with Crippen molar-refractivity contribution < 1.29 is 13.5 Å². The van der Waals surface area contributed by atoms with Gasteiger partial charge in [0.2, 0.25) is 0 Å². The molecule has 0 aromatic rings. The molecule has 0 saturated carbocycles. The molecule has 0 radical (unpaired) electrons. The summed E-state index contributed by atoms with van der Waals surface area (Å²) in [5.41, 5.74) is 0. The lowest BCUT2D eigenvalue weighted by Crippen LogP contribution is -2.36. The molecule has 0 aromatic carbocycles. The highest BCUT2D eigenvalue weighted by atomic mass is 19.1. The Bertz CT molecular complexity index is 326. The first kappa shape index (κ1) is 14.9. The van der Waals surface area contributed by atoms with Crippen LogP contribution in [-0.2, 0) is 0 Å². The van der Waals surface area contributed by atoms with E-state index in [1.165, 1.54) is 6.08 Å². The highest BCUT2D eigenvalue weighted by Crippen LogP contribution is 2.20. The van der Waals surface area contributed by atoms with Gasteiger partial charge in [0.1, 0.15) is 12.7 Å². The van der Waals surface area contributed by atoms with Gasteiger partial charge in [-0.1, -0.05) is 12.2 Å². The molecule has 0 bridgehead atoms. The molecule has 18 heavy (non-hydrogen) atoms. The third-order valence-electron chi connectivity index (χ3n) is 2.95. The molecule has 0 amide bonds. The summed E-state index contributed by atoms with van der Waals surface area (Å²) in [5, 5.41) is 7.58. The van der Waals surface area contributed by atoms with Crippen LogP contribution in [0.5, 0.6) is 0 Å². The fourth-order valence-electron chi connectivity index (χ4n) is 1.97. The van der Waals surface area contributed by atoms with Crippen molar-refractivity contribution in [3.63, 3.8) is 0 Å². The Labute approximate surface area is 107 Å². The number of allylic oxidation sites excluding steroid dienone is 1. The van der Waals surface area contributed by atoms with E-state index < -0.39 is 13.3 Å². The van der Waals surface area contributed by atoms with Crippen LogP contribution in [0, 0.1) is 5.92 Å². The molecule has 1 aliphatic rings. The molecule has 1 heterocycles. The Kier molecular flexibility index (Phi) is 6.64. The maximum absolute atomic E-state index is 12.6. The van der Waals surface area contributed by atoms with Gasteiger partial charge in [-0.2, -0.15) is 0 Å². The van der Waals surface area contributed by atoms with E-state index in [1.807, 2.05) is 14.1 Å². The lowest BCUT2D eigenvalue weighted by molar-refractivity contribution is -0.543. The number of rotatable bonds is 9. The van der Waals surface area contributed by atoms with Gasteiger partial charge in [0, 0.05) is 17.6 Å². The van der Waals surface area contributed by atoms with E-state index in [4.69, 9.17) is 0 Å². The first-order valence-electron chi connectivity index (χ1n) is 6.14. The first-order valence-corrected chi connectivity index (χ1v) is 6.14. The monoisotopic (exact) mass is 259 g/mol. The van der Waals surface area contributed by atoms with E-state index >= 15 is 0 Å². The van der Waals surface area contributed by atoms with Gasteiger partial charge in [0.15, 0.2) is 0 Å². The van der Waals surface area contributed by atoms with Crippen LogP contribution in [-0.4, -0.2) is 56.0 Å². The summed E-state index contributed by atoms with van der Waals surface area (Å²) in [6.07, 6.45) is 6.05. The van der Waals surface area contributed by atoms with E-state index in [0.717, 1.165) is 13.0 Å². The molecule has 0 spiro atoms. The molecule has 0 fully saturated rings. The summed E-state index contributed by atoms with van der Waals surface area (Å²) in [4.78, 5) is 2.06. The van der Waals surface area contributed by atoms with Gasteiger partial charge in [-0.15, -0.1) is 4.70 Å². The van der Waals surface area contributed by atoms with E-state index in [0.29, 0.717) is 6.42 Å². The fraction of sp³-hybridized carbons (Fsp3) is 0.750. The summed E-state index contributed by atoms with van der Waals surface area (Å²) in [6, 6.07) is 0.0449.